The Labute approximate surface area is 123 Å². The van der Waals surface area contributed by atoms with Crippen molar-refractivity contribution < 1.29 is 9.47 Å². The molecule has 0 aliphatic carbocycles. The topological polar surface area (TPSA) is 30.5 Å². The fourth-order valence-electron chi connectivity index (χ4n) is 2.05. The van der Waals surface area contributed by atoms with Gasteiger partial charge in [0.15, 0.2) is 0 Å². The number of aryl methyl sites for hydroxylation is 1. The molecular weight excluding hydrogens is 250 g/mol. The predicted octanol–water partition coefficient (Wildman–Crippen LogP) is 3.86. The summed E-state index contributed by atoms with van der Waals surface area (Å²) in [6, 6.07) is 6.61. The minimum atomic E-state index is -0.115. The average molecular weight is 279 g/mol. The van der Waals surface area contributed by atoms with Crippen LogP contribution in [0.25, 0.3) is 0 Å². The number of hydrogen-bond acceptors (Lipinski definition) is 3. The van der Waals surface area contributed by atoms with Gasteiger partial charge in [-0.1, -0.05) is 24.6 Å². The maximum absolute atomic E-state index is 5.89. The molecule has 0 amide bonds. The van der Waals surface area contributed by atoms with Crippen molar-refractivity contribution in [1.82, 2.24) is 5.32 Å². The summed E-state index contributed by atoms with van der Waals surface area (Å²) in [5.74, 6) is 0.946. The first-order valence-corrected chi connectivity index (χ1v) is 7.44. The van der Waals surface area contributed by atoms with E-state index in [2.05, 4.69) is 65.1 Å². The Kier molecular flexibility index (Phi) is 6.50. The second-order valence-electron chi connectivity index (χ2n) is 6.13. The number of ether oxygens (including phenoxy) is 2. The van der Waals surface area contributed by atoms with Crippen LogP contribution in [0.1, 0.15) is 51.8 Å². The van der Waals surface area contributed by atoms with Crippen molar-refractivity contribution in [2.45, 2.75) is 53.2 Å². The third-order valence-corrected chi connectivity index (χ3v) is 3.02. The highest BCUT2D eigenvalue weighted by Gasteiger charge is 2.12. The third kappa shape index (κ3) is 5.93. The van der Waals surface area contributed by atoms with Gasteiger partial charge < -0.3 is 14.8 Å². The van der Waals surface area contributed by atoms with Crippen LogP contribution in [0.5, 0.6) is 5.75 Å². The summed E-state index contributed by atoms with van der Waals surface area (Å²) >= 11 is 0. The predicted molar refractivity (Wildman–Crippen MR) is 84.5 cm³/mol. The normalized spacial score (nSPS) is 13.3. The van der Waals surface area contributed by atoms with Gasteiger partial charge in [-0.25, -0.2) is 0 Å². The second kappa shape index (κ2) is 7.65. The van der Waals surface area contributed by atoms with Crippen LogP contribution >= 0.6 is 0 Å². The highest BCUT2D eigenvalue weighted by molar-refractivity contribution is 5.38. The third-order valence-electron chi connectivity index (χ3n) is 3.02. The van der Waals surface area contributed by atoms with Crippen molar-refractivity contribution in [2.75, 3.05) is 19.8 Å². The smallest absolute Gasteiger partial charge is 0.124 e. The Morgan fingerprint density at radius 1 is 1.20 bits per heavy atom. The standard InChI is InChI=1S/C17H29NO2/c1-7-18-14(3)15-12-13(2)8-9-16(15)19-10-11-20-17(4,5)6/h8-9,12,14,18H,7,10-11H2,1-6H3. The zero-order valence-corrected chi connectivity index (χ0v) is 13.7. The molecule has 0 radical (unpaired) electrons. The molecule has 1 unspecified atom stereocenters. The summed E-state index contributed by atoms with van der Waals surface area (Å²) in [5.41, 5.74) is 2.35. The minimum Gasteiger partial charge on any atom is -0.491 e. The fraction of sp³-hybridized carbons (Fsp3) is 0.647. The first kappa shape index (κ1) is 17.0. The van der Waals surface area contributed by atoms with Crippen molar-refractivity contribution in [3.63, 3.8) is 0 Å². The molecule has 1 rings (SSSR count). The number of rotatable bonds is 7. The van der Waals surface area contributed by atoms with Gasteiger partial charge in [0.05, 0.1) is 12.2 Å². The van der Waals surface area contributed by atoms with E-state index in [0.717, 1.165) is 12.3 Å². The monoisotopic (exact) mass is 279 g/mol. The summed E-state index contributed by atoms with van der Waals surface area (Å²) < 4.78 is 11.6. The number of benzene rings is 1. The quantitative estimate of drug-likeness (QED) is 0.769. The SMILES string of the molecule is CCNC(C)c1cc(C)ccc1OCCOC(C)(C)C. The molecule has 0 saturated carbocycles. The first-order chi connectivity index (χ1) is 9.33. The zero-order valence-electron chi connectivity index (χ0n) is 13.7. The maximum atomic E-state index is 5.89. The van der Waals surface area contributed by atoms with Crippen LogP contribution < -0.4 is 10.1 Å². The summed E-state index contributed by atoms with van der Waals surface area (Å²) in [4.78, 5) is 0. The van der Waals surface area contributed by atoms with E-state index >= 15 is 0 Å². The molecule has 0 saturated heterocycles. The van der Waals surface area contributed by atoms with E-state index in [1.54, 1.807) is 0 Å². The molecule has 20 heavy (non-hydrogen) atoms. The first-order valence-electron chi connectivity index (χ1n) is 7.44. The molecule has 3 nitrogen and oxygen atoms in total. The zero-order chi connectivity index (χ0) is 15.2. The Balaban J connectivity index is 2.64. The molecule has 114 valence electrons. The van der Waals surface area contributed by atoms with Gasteiger partial charge in [-0.2, -0.15) is 0 Å². The van der Waals surface area contributed by atoms with E-state index in [9.17, 15) is 0 Å². The lowest BCUT2D eigenvalue weighted by Gasteiger charge is -2.21. The van der Waals surface area contributed by atoms with Crippen molar-refractivity contribution >= 4 is 0 Å². The Morgan fingerprint density at radius 3 is 2.50 bits per heavy atom. The molecule has 3 heteroatoms. The van der Waals surface area contributed by atoms with Crippen LogP contribution in [-0.2, 0) is 4.74 Å². The molecule has 0 fully saturated rings. The largest absolute Gasteiger partial charge is 0.491 e. The van der Waals surface area contributed by atoms with Crippen molar-refractivity contribution in [3.8, 4) is 5.75 Å². The highest BCUT2D eigenvalue weighted by Crippen LogP contribution is 2.26. The van der Waals surface area contributed by atoms with Crippen molar-refractivity contribution in [2.24, 2.45) is 0 Å². The highest BCUT2D eigenvalue weighted by atomic mass is 16.5. The molecule has 0 aliphatic heterocycles. The Hall–Kier alpha value is -1.06. The Morgan fingerprint density at radius 2 is 1.90 bits per heavy atom. The average Bonchev–Trinajstić information content (AvgIpc) is 2.35. The van der Waals surface area contributed by atoms with Gasteiger partial charge in [-0.3, -0.25) is 0 Å². The van der Waals surface area contributed by atoms with Gasteiger partial charge in [-0.15, -0.1) is 0 Å². The van der Waals surface area contributed by atoms with Crippen molar-refractivity contribution in [1.29, 1.82) is 0 Å². The lowest BCUT2D eigenvalue weighted by atomic mass is 10.0. The van der Waals surface area contributed by atoms with Crippen LogP contribution in [0.2, 0.25) is 0 Å². The summed E-state index contributed by atoms with van der Waals surface area (Å²) in [7, 11) is 0. The molecule has 0 bridgehead atoms. The summed E-state index contributed by atoms with van der Waals surface area (Å²) in [5, 5.41) is 3.43. The van der Waals surface area contributed by atoms with E-state index in [0.29, 0.717) is 19.3 Å². The molecule has 0 heterocycles. The van der Waals surface area contributed by atoms with Crippen LogP contribution in [-0.4, -0.2) is 25.4 Å². The van der Waals surface area contributed by atoms with Crippen LogP contribution in [0.3, 0.4) is 0 Å². The molecule has 1 aromatic rings. The number of nitrogens with one attached hydrogen (secondary N) is 1. The molecule has 0 spiro atoms. The summed E-state index contributed by atoms with van der Waals surface area (Å²) in [6.45, 7) is 14.7. The fourth-order valence-corrected chi connectivity index (χ4v) is 2.05. The molecule has 1 aromatic carbocycles. The summed E-state index contributed by atoms with van der Waals surface area (Å²) in [6.07, 6.45) is 0. The van der Waals surface area contributed by atoms with Gasteiger partial charge in [-0.05, 0) is 47.2 Å². The van der Waals surface area contributed by atoms with Crippen LogP contribution in [0.4, 0.5) is 0 Å². The lowest BCUT2D eigenvalue weighted by Crippen LogP contribution is -2.23. The minimum absolute atomic E-state index is 0.115. The van der Waals surface area contributed by atoms with E-state index in [1.807, 2.05) is 0 Å². The molecular formula is C17H29NO2. The second-order valence-corrected chi connectivity index (χ2v) is 6.13. The lowest BCUT2D eigenvalue weighted by molar-refractivity contribution is -0.0164. The molecule has 0 aliphatic rings. The van der Waals surface area contributed by atoms with Crippen molar-refractivity contribution in [3.05, 3.63) is 29.3 Å². The Bertz CT molecular complexity index is 410. The van der Waals surface area contributed by atoms with Gasteiger partial charge in [0.2, 0.25) is 0 Å². The van der Waals surface area contributed by atoms with E-state index in [1.165, 1.54) is 11.1 Å². The van der Waals surface area contributed by atoms with Crippen LogP contribution in [0, 0.1) is 6.92 Å². The molecule has 1 N–H and O–H groups in total. The van der Waals surface area contributed by atoms with Crippen LogP contribution in [0.15, 0.2) is 18.2 Å². The van der Waals surface area contributed by atoms with Gasteiger partial charge in [0, 0.05) is 11.6 Å². The van der Waals surface area contributed by atoms with E-state index < -0.39 is 0 Å². The molecule has 0 aromatic heterocycles. The van der Waals surface area contributed by atoms with E-state index in [4.69, 9.17) is 9.47 Å². The maximum Gasteiger partial charge on any atom is 0.124 e. The molecule has 1 atom stereocenters. The van der Waals surface area contributed by atoms with Gasteiger partial charge in [0.25, 0.3) is 0 Å². The van der Waals surface area contributed by atoms with Gasteiger partial charge in [0.1, 0.15) is 12.4 Å². The number of hydrogen-bond donors (Lipinski definition) is 1. The van der Waals surface area contributed by atoms with Gasteiger partial charge >= 0.3 is 0 Å². The van der Waals surface area contributed by atoms with E-state index in [-0.39, 0.29) is 5.60 Å².